The van der Waals surface area contributed by atoms with E-state index in [4.69, 9.17) is 14.9 Å². The van der Waals surface area contributed by atoms with Crippen LogP contribution in [0.2, 0.25) is 0 Å². The van der Waals surface area contributed by atoms with Crippen molar-refractivity contribution in [3.8, 4) is 6.07 Å². The molecule has 1 spiro atoms. The summed E-state index contributed by atoms with van der Waals surface area (Å²) in [7, 11) is 0. The van der Waals surface area contributed by atoms with E-state index < -0.39 is 11.3 Å². The van der Waals surface area contributed by atoms with Gasteiger partial charge in [-0.1, -0.05) is 15.9 Å². The van der Waals surface area contributed by atoms with Crippen LogP contribution in [0.25, 0.3) is 0 Å². The number of carbonyl (C=O) groups is 2. The van der Waals surface area contributed by atoms with E-state index in [9.17, 15) is 14.9 Å². The number of amides is 1. The molecule has 1 amide bonds. The van der Waals surface area contributed by atoms with E-state index in [1.165, 1.54) is 0 Å². The van der Waals surface area contributed by atoms with Gasteiger partial charge in [-0.3, -0.25) is 9.59 Å². The number of halogens is 1. The Hall–Kier alpha value is -3.31. The monoisotopic (exact) mass is 451 g/mol. The quantitative estimate of drug-likeness (QED) is 0.685. The molecular formula is C21H14BrN3O4. The van der Waals surface area contributed by atoms with Crippen molar-refractivity contribution in [1.29, 1.82) is 5.26 Å². The first-order valence-corrected chi connectivity index (χ1v) is 9.76. The van der Waals surface area contributed by atoms with Gasteiger partial charge < -0.3 is 20.2 Å². The molecular weight excluding hydrogens is 438 g/mol. The number of carbonyl (C=O) groups excluding carboxylic acids is 2. The fourth-order valence-corrected chi connectivity index (χ4v) is 4.88. The Balaban J connectivity index is 1.77. The minimum absolute atomic E-state index is 0.0737. The van der Waals surface area contributed by atoms with Crippen molar-refractivity contribution in [2.45, 2.75) is 24.2 Å². The molecule has 3 heterocycles. The average Bonchev–Trinajstić information content (AvgIpc) is 3.30. The lowest BCUT2D eigenvalue weighted by atomic mass is 9.64. The number of allylic oxidation sites excluding steroid dienone is 1. The Labute approximate surface area is 173 Å². The zero-order valence-electron chi connectivity index (χ0n) is 15.0. The van der Waals surface area contributed by atoms with Crippen molar-refractivity contribution in [2.24, 2.45) is 5.73 Å². The largest absolute Gasteiger partial charge is 0.469 e. The maximum atomic E-state index is 13.4. The molecule has 0 saturated carbocycles. The Morgan fingerprint density at radius 1 is 1.28 bits per heavy atom. The van der Waals surface area contributed by atoms with Gasteiger partial charge in [0.05, 0.1) is 11.8 Å². The molecule has 2 atom stereocenters. The minimum Gasteiger partial charge on any atom is -0.469 e. The zero-order chi connectivity index (χ0) is 20.3. The third kappa shape index (κ3) is 2.28. The predicted octanol–water partition coefficient (Wildman–Crippen LogP) is 3.36. The van der Waals surface area contributed by atoms with Crippen LogP contribution in [0.5, 0.6) is 0 Å². The molecule has 5 rings (SSSR count). The van der Waals surface area contributed by atoms with Gasteiger partial charge in [-0.25, -0.2) is 0 Å². The molecule has 7 nitrogen and oxygen atoms in total. The molecule has 0 saturated heterocycles. The summed E-state index contributed by atoms with van der Waals surface area (Å²) >= 11 is 3.42. The van der Waals surface area contributed by atoms with Gasteiger partial charge in [0, 0.05) is 34.5 Å². The summed E-state index contributed by atoms with van der Waals surface area (Å²) in [4.78, 5) is 26.7. The lowest BCUT2D eigenvalue weighted by molar-refractivity contribution is -0.123. The number of ketones is 1. The van der Waals surface area contributed by atoms with Gasteiger partial charge in [0.2, 0.25) is 11.8 Å². The van der Waals surface area contributed by atoms with Gasteiger partial charge in [-0.2, -0.15) is 5.26 Å². The second-order valence-electron chi connectivity index (χ2n) is 7.19. The number of nitrogens with zero attached hydrogens (tertiary/aromatic N) is 1. The molecule has 0 fully saturated rings. The number of ether oxygens (including phenoxy) is 1. The number of furan rings is 1. The van der Waals surface area contributed by atoms with E-state index in [-0.39, 0.29) is 35.2 Å². The highest BCUT2D eigenvalue weighted by Crippen LogP contribution is 2.55. The number of nitriles is 1. The smallest absolute Gasteiger partial charge is 0.245 e. The Morgan fingerprint density at radius 2 is 2.10 bits per heavy atom. The summed E-state index contributed by atoms with van der Waals surface area (Å²) in [5.74, 6) is -0.169. The molecule has 144 valence electrons. The van der Waals surface area contributed by atoms with Crippen molar-refractivity contribution in [1.82, 2.24) is 0 Å². The molecule has 8 heteroatoms. The lowest BCUT2D eigenvalue weighted by Gasteiger charge is -2.38. The number of rotatable bonds is 1. The van der Waals surface area contributed by atoms with Crippen molar-refractivity contribution >= 4 is 33.3 Å². The number of nitrogens with one attached hydrogen (secondary N) is 1. The topological polar surface area (TPSA) is 118 Å². The van der Waals surface area contributed by atoms with Crippen LogP contribution in [0, 0.1) is 11.3 Å². The number of Topliss-reactive ketones (excluding diaryl/α,β-unsaturated/α-hetero) is 1. The standard InChI is InChI=1S/C21H14BrN3O4/c22-11-3-4-14-12(8-11)21(20(27)25-14)13(9-23)19(24)29-17-7-10(6-15(26)18(17)21)16-2-1-5-28-16/h1-5,8,10H,6-7,24H2,(H,25,27)/t10-,21+/m0/s1. The normalized spacial score (nSPS) is 25.4. The molecule has 1 aromatic heterocycles. The van der Waals surface area contributed by atoms with Crippen LogP contribution in [0.3, 0.4) is 0 Å². The van der Waals surface area contributed by atoms with E-state index in [0.29, 0.717) is 33.7 Å². The highest BCUT2D eigenvalue weighted by atomic mass is 79.9. The molecule has 0 radical (unpaired) electrons. The summed E-state index contributed by atoms with van der Waals surface area (Å²) in [5, 5.41) is 12.7. The maximum Gasteiger partial charge on any atom is 0.245 e. The molecule has 1 aliphatic carbocycles. The molecule has 2 aromatic rings. The van der Waals surface area contributed by atoms with Crippen LogP contribution in [-0.4, -0.2) is 11.7 Å². The maximum absolute atomic E-state index is 13.4. The zero-order valence-corrected chi connectivity index (χ0v) is 16.6. The number of benzene rings is 1. The SMILES string of the molecule is N#CC1=C(N)OC2=C(C(=O)C[C@H](c3ccco3)C2)[C@]12C(=O)Nc1ccc(Br)cc12. The lowest BCUT2D eigenvalue weighted by Crippen LogP contribution is -2.47. The van der Waals surface area contributed by atoms with E-state index in [0.717, 1.165) is 0 Å². The van der Waals surface area contributed by atoms with Crippen LogP contribution in [0.1, 0.15) is 30.1 Å². The highest BCUT2D eigenvalue weighted by Gasteiger charge is 2.60. The first kappa shape index (κ1) is 17.8. The van der Waals surface area contributed by atoms with Gasteiger partial charge in [0.25, 0.3) is 0 Å². The van der Waals surface area contributed by atoms with E-state index in [1.54, 1.807) is 36.6 Å². The van der Waals surface area contributed by atoms with Crippen LogP contribution < -0.4 is 11.1 Å². The number of nitrogens with two attached hydrogens (primary N) is 1. The van der Waals surface area contributed by atoms with Gasteiger partial charge in [0.1, 0.15) is 28.6 Å². The van der Waals surface area contributed by atoms with E-state index >= 15 is 0 Å². The van der Waals surface area contributed by atoms with E-state index in [2.05, 4.69) is 21.2 Å². The molecule has 1 aromatic carbocycles. The molecule has 0 unspecified atom stereocenters. The van der Waals surface area contributed by atoms with Crippen LogP contribution in [-0.2, 0) is 19.7 Å². The summed E-state index contributed by atoms with van der Waals surface area (Å²) in [5.41, 5.74) is 5.63. The first-order chi connectivity index (χ1) is 14.0. The summed E-state index contributed by atoms with van der Waals surface area (Å²) in [6.07, 6.45) is 2.03. The Morgan fingerprint density at radius 3 is 2.83 bits per heavy atom. The van der Waals surface area contributed by atoms with Crippen molar-refractivity contribution < 1.29 is 18.7 Å². The van der Waals surface area contributed by atoms with Gasteiger partial charge in [-0.15, -0.1) is 0 Å². The number of anilines is 1. The predicted molar refractivity (Wildman–Crippen MR) is 105 cm³/mol. The van der Waals surface area contributed by atoms with Crippen LogP contribution >= 0.6 is 15.9 Å². The van der Waals surface area contributed by atoms with Crippen LogP contribution in [0.4, 0.5) is 5.69 Å². The van der Waals surface area contributed by atoms with Gasteiger partial charge >= 0.3 is 0 Å². The number of hydrogen-bond donors (Lipinski definition) is 2. The first-order valence-electron chi connectivity index (χ1n) is 8.96. The molecule has 29 heavy (non-hydrogen) atoms. The van der Waals surface area contributed by atoms with Crippen molar-refractivity contribution in [3.63, 3.8) is 0 Å². The van der Waals surface area contributed by atoms with Gasteiger partial charge in [-0.05, 0) is 30.3 Å². The second-order valence-corrected chi connectivity index (χ2v) is 8.10. The summed E-state index contributed by atoms with van der Waals surface area (Å²) in [6, 6.07) is 10.8. The summed E-state index contributed by atoms with van der Waals surface area (Å²) < 4.78 is 11.9. The third-order valence-electron chi connectivity index (χ3n) is 5.68. The summed E-state index contributed by atoms with van der Waals surface area (Å²) in [6.45, 7) is 0. The highest BCUT2D eigenvalue weighted by molar-refractivity contribution is 9.10. The minimum atomic E-state index is -1.61. The van der Waals surface area contributed by atoms with Crippen molar-refractivity contribution in [3.05, 3.63) is 75.2 Å². The second kappa shape index (κ2) is 6.09. The Bertz CT molecular complexity index is 1190. The fourth-order valence-electron chi connectivity index (χ4n) is 4.52. The molecule has 2 aliphatic heterocycles. The fraction of sp³-hybridized carbons (Fsp3) is 0.190. The number of hydrogen-bond acceptors (Lipinski definition) is 6. The molecule has 3 aliphatic rings. The van der Waals surface area contributed by atoms with Crippen molar-refractivity contribution in [2.75, 3.05) is 5.32 Å². The molecule has 0 bridgehead atoms. The van der Waals surface area contributed by atoms with Gasteiger partial charge in [0.15, 0.2) is 5.78 Å². The Kier molecular flexibility index (Phi) is 3.73. The van der Waals surface area contributed by atoms with E-state index in [1.807, 2.05) is 6.07 Å². The third-order valence-corrected chi connectivity index (χ3v) is 6.18. The molecule has 3 N–H and O–H groups in total. The average molecular weight is 452 g/mol. The number of fused-ring (bicyclic) bond motifs is 3. The van der Waals surface area contributed by atoms with Crippen LogP contribution in [0.15, 0.2) is 68.3 Å².